The first kappa shape index (κ1) is 13.4. The molecule has 0 aliphatic carbocycles. The van der Waals surface area contributed by atoms with Gasteiger partial charge in [-0.2, -0.15) is 0 Å². The zero-order chi connectivity index (χ0) is 12.0. The minimum Gasteiger partial charge on any atom is -0.330 e. The summed E-state index contributed by atoms with van der Waals surface area (Å²) in [6.07, 6.45) is 1.44. The highest BCUT2D eigenvalue weighted by Crippen LogP contribution is 2.18. The summed E-state index contributed by atoms with van der Waals surface area (Å²) in [5, 5.41) is 2.91. The van der Waals surface area contributed by atoms with Crippen LogP contribution in [0.15, 0.2) is 24.3 Å². The standard InChI is InChI=1S/C12H17IN2O/c1-2-9(8-14)7-12(16)15-11-6-4-3-5-10(11)13/h3-6,9H,2,7-8,14H2,1H3,(H,15,16). The predicted molar refractivity (Wildman–Crippen MR) is 75.2 cm³/mol. The van der Waals surface area contributed by atoms with Gasteiger partial charge in [0.25, 0.3) is 0 Å². The lowest BCUT2D eigenvalue weighted by atomic mass is 10.0. The van der Waals surface area contributed by atoms with Gasteiger partial charge in [-0.3, -0.25) is 4.79 Å². The number of amides is 1. The predicted octanol–water partition coefficient (Wildman–Crippen LogP) is 2.60. The average Bonchev–Trinajstić information content (AvgIpc) is 2.29. The maximum absolute atomic E-state index is 11.7. The van der Waals surface area contributed by atoms with Crippen LogP contribution in [-0.4, -0.2) is 12.5 Å². The van der Waals surface area contributed by atoms with E-state index >= 15 is 0 Å². The number of para-hydroxylation sites is 1. The van der Waals surface area contributed by atoms with E-state index in [9.17, 15) is 4.79 Å². The summed E-state index contributed by atoms with van der Waals surface area (Å²) in [6.45, 7) is 2.62. The van der Waals surface area contributed by atoms with Crippen molar-refractivity contribution in [3.63, 3.8) is 0 Å². The summed E-state index contributed by atoms with van der Waals surface area (Å²) in [7, 11) is 0. The molecule has 1 rings (SSSR count). The monoisotopic (exact) mass is 332 g/mol. The van der Waals surface area contributed by atoms with Crippen LogP contribution >= 0.6 is 22.6 Å². The summed E-state index contributed by atoms with van der Waals surface area (Å²) in [5.74, 6) is 0.322. The molecule has 1 aromatic carbocycles. The van der Waals surface area contributed by atoms with Crippen molar-refractivity contribution in [3.8, 4) is 0 Å². The Bertz CT molecular complexity index is 351. The van der Waals surface area contributed by atoms with Gasteiger partial charge in [0.1, 0.15) is 0 Å². The van der Waals surface area contributed by atoms with Gasteiger partial charge in [-0.1, -0.05) is 25.5 Å². The van der Waals surface area contributed by atoms with E-state index in [1.54, 1.807) is 0 Å². The summed E-state index contributed by atoms with van der Waals surface area (Å²) in [5.41, 5.74) is 6.45. The summed E-state index contributed by atoms with van der Waals surface area (Å²) < 4.78 is 1.05. The second-order valence-corrected chi connectivity index (χ2v) is 4.90. The number of nitrogens with two attached hydrogens (primary N) is 1. The molecule has 1 unspecified atom stereocenters. The number of hydrogen-bond acceptors (Lipinski definition) is 2. The van der Waals surface area contributed by atoms with Crippen LogP contribution in [0.3, 0.4) is 0 Å². The number of carbonyl (C=O) groups excluding carboxylic acids is 1. The molecule has 0 fully saturated rings. The topological polar surface area (TPSA) is 55.1 Å². The number of rotatable bonds is 5. The molecule has 0 saturated heterocycles. The Morgan fingerprint density at radius 1 is 1.50 bits per heavy atom. The third kappa shape index (κ3) is 4.09. The molecule has 3 nitrogen and oxygen atoms in total. The van der Waals surface area contributed by atoms with Crippen LogP contribution in [0.4, 0.5) is 5.69 Å². The highest BCUT2D eigenvalue weighted by molar-refractivity contribution is 14.1. The fourth-order valence-electron chi connectivity index (χ4n) is 1.42. The van der Waals surface area contributed by atoms with Crippen molar-refractivity contribution in [2.75, 3.05) is 11.9 Å². The van der Waals surface area contributed by atoms with E-state index in [4.69, 9.17) is 5.73 Å². The maximum Gasteiger partial charge on any atom is 0.224 e. The van der Waals surface area contributed by atoms with Crippen molar-refractivity contribution in [1.82, 2.24) is 0 Å². The summed E-state index contributed by atoms with van der Waals surface area (Å²) >= 11 is 2.21. The SMILES string of the molecule is CCC(CN)CC(=O)Nc1ccccc1I. The Balaban J connectivity index is 2.55. The van der Waals surface area contributed by atoms with Crippen LogP contribution in [0.2, 0.25) is 0 Å². The molecule has 4 heteroatoms. The number of benzene rings is 1. The van der Waals surface area contributed by atoms with E-state index in [1.165, 1.54) is 0 Å². The minimum atomic E-state index is 0.0430. The van der Waals surface area contributed by atoms with E-state index in [0.29, 0.717) is 13.0 Å². The van der Waals surface area contributed by atoms with Crippen LogP contribution in [-0.2, 0) is 4.79 Å². The lowest BCUT2D eigenvalue weighted by Gasteiger charge is -2.12. The number of nitrogens with one attached hydrogen (secondary N) is 1. The van der Waals surface area contributed by atoms with Gasteiger partial charge in [-0.15, -0.1) is 0 Å². The Morgan fingerprint density at radius 3 is 2.75 bits per heavy atom. The molecular weight excluding hydrogens is 315 g/mol. The van der Waals surface area contributed by atoms with E-state index < -0.39 is 0 Å². The first-order valence-electron chi connectivity index (χ1n) is 5.41. The number of halogens is 1. The average molecular weight is 332 g/mol. The lowest BCUT2D eigenvalue weighted by Crippen LogP contribution is -2.22. The molecule has 0 bridgehead atoms. The molecule has 16 heavy (non-hydrogen) atoms. The highest BCUT2D eigenvalue weighted by Gasteiger charge is 2.11. The molecule has 1 atom stereocenters. The molecule has 1 amide bonds. The number of hydrogen-bond donors (Lipinski definition) is 2. The van der Waals surface area contributed by atoms with E-state index in [1.807, 2.05) is 24.3 Å². The Labute approximate surface area is 110 Å². The van der Waals surface area contributed by atoms with Gasteiger partial charge in [0.05, 0.1) is 5.69 Å². The van der Waals surface area contributed by atoms with Crippen LogP contribution < -0.4 is 11.1 Å². The van der Waals surface area contributed by atoms with Gasteiger partial charge in [0.15, 0.2) is 0 Å². The Kier molecular flexibility index (Phi) is 5.76. The fraction of sp³-hybridized carbons (Fsp3) is 0.417. The van der Waals surface area contributed by atoms with Gasteiger partial charge in [-0.25, -0.2) is 0 Å². The normalized spacial score (nSPS) is 12.2. The molecule has 0 radical (unpaired) electrons. The minimum absolute atomic E-state index is 0.0430. The second-order valence-electron chi connectivity index (χ2n) is 3.74. The van der Waals surface area contributed by atoms with Crippen LogP contribution in [0.1, 0.15) is 19.8 Å². The smallest absolute Gasteiger partial charge is 0.224 e. The molecule has 0 saturated carbocycles. The van der Waals surface area contributed by atoms with Crippen molar-refractivity contribution in [1.29, 1.82) is 0 Å². The van der Waals surface area contributed by atoms with E-state index in [-0.39, 0.29) is 11.8 Å². The summed E-state index contributed by atoms with van der Waals surface area (Å²) in [6, 6.07) is 7.74. The highest BCUT2D eigenvalue weighted by atomic mass is 127. The fourth-order valence-corrected chi connectivity index (χ4v) is 1.94. The van der Waals surface area contributed by atoms with Gasteiger partial charge in [-0.05, 0) is 47.2 Å². The van der Waals surface area contributed by atoms with Gasteiger partial charge >= 0.3 is 0 Å². The third-order valence-corrected chi connectivity index (χ3v) is 3.47. The van der Waals surface area contributed by atoms with Crippen molar-refractivity contribution in [2.45, 2.75) is 19.8 Å². The molecule has 0 aromatic heterocycles. The summed E-state index contributed by atoms with van der Waals surface area (Å²) in [4.78, 5) is 11.7. The van der Waals surface area contributed by atoms with Crippen LogP contribution in [0, 0.1) is 9.49 Å². The first-order chi connectivity index (χ1) is 7.67. The van der Waals surface area contributed by atoms with Gasteiger partial charge < -0.3 is 11.1 Å². The first-order valence-corrected chi connectivity index (χ1v) is 6.49. The van der Waals surface area contributed by atoms with Crippen LogP contribution in [0.25, 0.3) is 0 Å². The molecule has 0 heterocycles. The molecule has 0 aliphatic rings. The van der Waals surface area contributed by atoms with Gasteiger partial charge in [0.2, 0.25) is 5.91 Å². The largest absolute Gasteiger partial charge is 0.330 e. The van der Waals surface area contributed by atoms with Crippen molar-refractivity contribution >= 4 is 34.2 Å². The van der Waals surface area contributed by atoms with Gasteiger partial charge in [0, 0.05) is 9.99 Å². The zero-order valence-electron chi connectivity index (χ0n) is 9.37. The van der Waals surface area contributed by atoms with E-state index in [0.717, 1.165) is 15.7 Å². The number of carbonyl (C=O) groups is 1. The zero-order valence-corrected chi connectivity index (χ0v) is 11.5. The molecule has 0 spiro atoms. The molecule has 3 N–H and O–H groups in total. The molecular formula is C12H17IN2O. The lowest BCUT2D eigenvalue weighted by molar-refractivity contribution is -0.117. The van der Waals surface area contributed by atoms with Crippen molar-refractivity contribution in [2.24, 2.45) is 11.7 Å². The second kappa shape index (κ2) is 6.85. The quantitative estimate of drug-likeness (QED) is 0.815. The number of anilines is 1. The molecule has 1 aromatic rings. The Hall–Kier alpha value is -0.620. The maximum atomic E-state index is 11.7. The third-order valence-electron chi connectivity index (χ3n) is 2.53. The Morgan fingerprint density at radius 2 is 2.19 bits per heavy atom. The van der Waals surface area contributed by atoms with Crippen molar-refractivity contribution < 1.29 is 4.79 Å². The van der Waals surface area contributed by atoms with Crippen molar-refractivity contribution in [3.05, 3.63) is 27.8 Å². The van der Waals surface area contributed by atoms with E-state index in [2.05, 4.69) is 34.8 Å². The molecule has 88 valence electrons. The molecule has 0 aliphatic heterocycles. The van der Waals surface area contributed by atoms with Crippen LogP contribution in [0.5, 0.6) is 0 Å².